The second-order valence-corrected chi connectivity index (χ2v) is 45.7. The van der Waals surface area contributed by atoms with Crippen LogP contribution in [0, 0.1) is 0 Å². The molecule has 15 aromatic rings. The van der Waals surface area contributed by atoms with Crippen molar-refractivity contribution in [1.29, 1.82) is 0 Å². The molecular weight excluding hydrogens is 1530 g/mol. The Labute approximate surface area is 760 Å². The van der Waals surface area contributed by atoms with Crippen molar-refractivity contribution >= 4 is 85.1 Å². The molecule has 0 atom stereocenters. The van der Waals surface area contributed by atoms with Gasteiger partial charge < -0.3 is 14.7 Å². The molecule has 2 aliphatic heterocycles. The van der Waals surface area contributed by atoms with Crippen molar-refractivity contribution in [3.63, 3.8) is 0 Å². The monoisotopic (exact) mass is 1660 g/mol. The van der Waals surface area contributed by atoms with Crippen LogP contribution in [-0.4, -0.2) is 6.71 Å². The van der Waals surface area contributed by atoms with Crippen LogP contribution < -0.4 is 31.1 Å². The summed E-state index contributed by atoms with van der Waals surface area (Å²) in [7, 11) is 0. The molecule has 0 amide bonds. The van der Waals surface area contributed by atoms with E-state index < -0.39 is 0 Å². The minimum Gasteiger partial charge on any atom is -0.311 e. The number of hydrogen-bond donors (Lipinski definition) is 0. The molecule has 3 aliphatic rings. The van der Waals surface area contributed by atoms with Crippen LogP contribution in [0.5, 0.6) is 0 Å². The van der Waals surface area contributed by atoms with Gasteiger partial charge in [-0.25, -0.2) is 0 Å². The standard InChI is InChI=1S/C123H128BN3/c1-115(2,3)90-44-31-77(32-45-90)84-63-85(78-33-46-91(47-34-78)116(4,5)6)67-99(66-84)125(98-58-59-104-106(74-98)123(25,26)105-60-43-83-29-27-28-30-103(83)113(104)105)102-75-111-114-112(76-102)127(101-70-88(81-39-52-94(53-40-81)119(13,14)15)65-89(71-101)82-41-54-95(55-42-82)120(16,17)18)110-62-57-97(122(22,23)24)73-108(110)124(114)107-72-96(121(19,20)21)56-61-109(107)126(111)100-68-86(79-35-48-92(49-36-79)117(7,8)9)64-87(69-100)80-37-50-93(51-38-80)118(10,11)12/h27-76H,1-26H3. The van der Waals surface area contributed by atoms with Gasteiger partial charge in [-0.15, -0.1) is 0 Å². The van der Waals surface area contributed by atoms with Gasteiger partial charge in [0.25, 0.3) is 6.71 Å². The zero-order valence-corrected chi connectivity index (χ0v) is 80.3. The van der Waals surface area contributed by atoms with E-state index in [1.165, 1.54) is 116 Å². The highest BCUT2D eigenvalue weighted by Gasteiger charge is 2.46. The Bertz CT molecular complexity index is 6310. The molecule has 0 bridgehead atoms. The molecule has 15 aromatic carbocycles. The highest BCUT2D eigenvalue weighted by molar-refractivity contribution is 7.00. The minimum absolute atomic E-state index is 0.0368. The number of anilines is 9. The molecule has 18 rings (SSSR count). The van der Waals surface area contributed by atoms with E-state index in [9.17, 15) is 0 Å². The molecule has 127 heavy (non-hydrogen) atoms. The molecule has 0 aromatic heterocycles. The maximum absolute atomic E-state index is 2.70. The van der Waals surface area contributed by atoms with Crippen molar-refractivity contribution in [2.45, 2.75) is 229 Å². The first-order valence-electron chi connectivity index (χ1n) is 46.4. The van der Waals surface area contributed by atoms with Crippen LogP contribution in [0.2, 0.25) is 0 Å². The Morgan fingerprint density at radius 1 is 0.236 bits per heavy atom. The van der Waals surface area contributed by atoms with E-state index in [2.05, 4.69) is 498 Å². The third kappa shape index (κ3) is 16.0. The van der Waals surface area contributed by atoms with Crippen LogP contribution in [0.3, 0.4) is 0 Å². The van der Waals surface area contributed by atoms with Gasteiger partial charge in [0.1, 0.15) is 0 Å². The molecule has 0 unspecified atom stereocenters. The number of nitrogens with zero attached hydrogens (tertiary/aromatic N) is 3. The molecule has 0 fully saturated rings. The van der Waals surface area contributed by atoms with Gasteiger partial charge in [0.15, 0.2) is 0 Å². The second kappa shape index (κ2) is 30.6. The Balaban J connectivity index is 1.01. The first-order valence-corrected chi connectivity index (χ1v) is 46.4. The van der Waals surface area contributed by atoms with E-state index in [4.69, 9.17) is 0 Å². The molecule has 638 valence electrons. The van der Waals surface area contributed by atoms with E-state index in [0.29, 0.717) is 0 Å². The van der Waals surface area contributed by atoms with E-state index in [0.717, 1.165) is 95.7 Å². The van der Waals surface area contributed by atoms with Gasteiger partial charge in [-0.2, -0.15) is 0 Å². The zero-order valence-electron chi connectivity index (χ0n) is 80.3. The molecule has 0 radical (unpaired) electrons. The third-order valence-corrected chi connectivity index (χ3v) is 27.9. The van der Waals surface area contributed by atoms with Crippen LogP contribution in [0.4, 0.5) is 51.2 Å². The highest BCUT2D eigenvalue weighted by atomic mass is 15.2. The number of benzene rings is 15. The molecule has 2 heterocycles. The van der Waals surface area contributed by atoms with Crippen LogP contribution in [0.15, 0.2) is 303 Å². The van der Waals surface area contributed by atoms with Gasteiger partial charge in [0, 0.05) is 50.9 Å². The van der Waals surface area contributed by atoms with Gasteiger partial charge in [-0.05, 0) is 295 Å². The predicted octanol–water partition coefficient (Wildman–Crippen LogP) is 33.1. The lowest BCUT2D eigenvalue weighted by Crippen LogP contribution is -2.61. The number of rotatable bonds is 11. The van der Waals surface area contributed by atoms with Gasteiger partial charge in [-0.1, -0.05) is 392 Å². The molecular formula is C123H128BN3. The van der Waals surface area contributed by atoms with Crippen molar-refractivity contribution in [3.8, 4) is 77.9 Å². The predicted molar refractivity (Wildman–Crippen MR) is 552 cm³/mol. The smallest absolute Gasteiger partial charge is 0.252 e. The lowest BCUT2D eigenvalue weighted by Gasteiger charge is -2.46. The van der Waals surface area contributed by atoms with Gasteiger partial charge in [-0.3, -0.25) is 0 Å². The zero-order chi connectivity index (χ0) is 90.1. The SMILES string of the molecule is CC(C)(C)c1ccc(-c2cc(-c3ccc(C(C)(C)C)cc3)cc(N(c3cc4c5c(c3)N(c3cc(-c6ccc(C(C)(C)C)cc6)cc(-c6ccc(C(C)(C)C)cc6)c3)c3ccc(C(C)(C)C)cc3B5c3cc(C(C)(C)C)ccc3N4c3cc(-c4ccc(C(C)(C)C)cc4)cc(-c4ccc(C(C)(C)C)cc4)c3)c3ccc4c(c3)C(C)(C)c3ccc5ccccc5c3-4)c2)cc1. The second-order valence-electron chi connectivity index (χ2n) is 45.7. The summed E-state index contributed by atoms with van der Waals surface area (Å²) in [6.45, 7) is 60.7. The molecule has 0 saturated carbocycles. The Morgan fingerprint density at radius 2 is 0.535 bits per heavy atom. The summed E-state index contributed by atoms with van der Waals surface area (Å²) in [4.78, 5) is 8.06. The number of hydrogen-bond acceptors (Lipinski definition) is 3. The lowest BCUT2D eigenvalue weighted by atomic mass is 9.33. The number of fused-ring (bicyclic) bond motifs is 9. The lowest BCUT2D eigenvalue weighted by molar-refractivity contribution is 0.590. The van der Waals surface area contributed by atoms with Crippen LogP contribution in [-0.2, 0) is 48.7 Å². The van der Waals surface area contributed by atoms with E-state index in [1.807, 2.05) is 0 Å². The quantitative estimate of drug-likeness (QED) is 0.120. The summed E-state index contributed by atoms with van der Waals surface area (Å²) in [5.74, 6) is 0. The van der Waals surface area contributed by atoms with Crippen molar-refractivity contribution < 1.29 is 0 Å². The van der Waals surface area contributed by atoms with E-state index in [1.54, 1.807) is 0 Å². The summed E-state index contributed by atoms with van der Waals surface area (Å²) < 4.78 is 0. The summed E-state index contributed by atoms with van der Waals surface area (Å²) in [5, 5.41) is 2.53. The largest absolute Gasteiger partial charge is 0.311 e. The Hall–Kier alpha value is -12.0. The van der Waals surface area contributed by atoms with Crippen molar-refractivity contribution in [1.82, 2.24) is 0 Å². The molecule has 0 saturated heterocycles. The van der Waals surface area contributed by atoms with Crippen LogP contribution >= 0.6 is 0 Å². The summed E-state index contributed by atoms with van der Waals surface area (Å²) >= 11 is 0. The first-order chi connectivity index (χ1) is 59.7. The topological polar surface area (TPSA) is 9.72 Å². The maximum Gasteiger partial charge on any atom is 0.252 e. The highest BCUT2D eigenvalue weighted by Crippen LogP contribution is 2.57. The van der Waals surface area contributed by atoms with Gasteiger partial charge in [0.2, 0.25) is 0 Å². The Morgan fingerprint density at radius 3 is 0.858 bits per heavy atom. The maximum atomic E-state index is 2.70. The normalized spacial score (nSPS) is 13.9. The third-order valence-electron chi connectivity index (χ3n) is 27.9. The van der Waals surface area contributed by atoms with Crippen molar-refractivity contribution in [2.24, 2.45) is 0 Å². The first kappa shape index (κ1) is 85.8. The molecule has 3 nitrogen and oxygen atoms in total. The van der Waals surface area contributed by atoms with Crippen LogP contribution in [0.1, 0.15) is 236 Å². The van der Waals surface area contributed by atoms with E-state index >= 15 is 0 Å². The van der Waals surface area contributed by atoms with E-state index in [-0.39, 0.29) is 55.4 Å². The fourth-order valence-corrected chi connectivity index (χ4v) is 19.9. The van der Waals surface area contributed by atoms with Crippen molar-refractivity contribution in [2.75, 3.05) is 14.7 Å². The average molecular weight is 1660 g/mol. The summed E-state index contributed by atoms with van der Waals surface area (Å²) in [6, 6.07) is 120. The minimum atomic E-state index is -0.368. The molecule has 0 N–H and O–H groups in total. The summed E-state index contributed by atoms with van der Waals surface area (Å²) in [6.07, 6.45) is 0. The fourth-order valence-electron chi connectivity index (χ4n) is 19.9. The van der Waals surface area contributed by atoms with Gasteiger partial charge >= 0.3 is 0 Å². The fraction of sp³-hybridized carbons (Fsp3) is 0.285. The molecule has 4 heteroatoms. The van der Waals surface area contributed by atoms with Crippen molar-refractivity contribution in [3.05, 3.63) is 359 Å². The molecule has 0 spiro atoms. The average Bonchev–Trinajstić information content (AvgIpc) is 1.19. The Kier molecular flexibility index (Phi) is 20.7. The van der Waals surface area contributed by atoms with Crippen LogP contribution in [0.25, 0.3) is 88.7 Å². The summed E-state index contributed by atoms with van der Waals surface area (Å²) in [5.41, 5.74) is 42.2. The van der Waals surface area contributed by atoms with Gasteiger partial charge in [0.05, 0.1) is 5.69 Å². The molecule has 1 aliphatic carbocycles.